The number of rotatable bonds is 6. The summed E-state index contributed by atoms with van der Waals surface area (Å²) >= 11 is 0. The van der Waals surface area contributed by atoms with E-state index in [1.54, 1.807) is 12.1 Å². The zero-order chi connectivity index (χ0) is 22.1. The summed E-state index contributed by atoms with van der Waals surface area (Å²) in [5.41, 5.74) is 0.279. The average molecular weight is 432 g/mol. The minimum Gasteiger partial charge on any atom is -0.496 e. The third-order valence-electron chi connectivity index (χ3n) is 4.97. The van der Waals surface area contributed by atoms with Gasteiger partial charge in [-0.15, -0.1) is 0 Å². The van der Waals surface area contributed by atoms with Crippen molar-refractivity contribution in [1.82, 2.24) is 5.32 Å². The summed E-state index contributed by atoms with van der Waals surface area (Å²) in [4.78, 5) is 24.7. The summed E-state index contributed by atoms with van der Waals surface area (Å²) in [6.45, 7) is 3.31. The minimum absolute atomic E-state index is 0.00281. The molecule has 1 aliphatic heterocycles. The van der Waals surface area contributed by atoms with Gasteiger partial charge >= 0.3 is 5.97 Å². The van der Waals surface area contributed by atoms with E-state index in [1.807, 2.05) is 12.1 Å². The second-order valence-corrected chi connectivity index (χ2v) is 9.25. The smallest absolute Gasteiger partial charge is 0.330 e. The highest BCUT2D eigenvalue weighted by molar-refractivity contribution is 7.92. The second kappa shape index (κ2) is 7.98. The number of nitrogens with one attached hydrogen (secondary N) is 1. The number of ether oxygens (including phenoxy) is 2. The molecule has 30 heavy (non-hydrogen) atoms. The molecule has 0 radical (unpaired) electrons. The number of sulfonamides is 1. The summed E-state index contributed by atoms with van der Waals surface area (Å²) in [5.74, 6) is -1.10. The molecule has 1 aliphatic rings. The van der Waals surface area contributed by atoms with E-state index in [0.717, 1.165) is 5.56 Å². The van der Waals surface area contributed by atoms with Crippen molar-refractivity contribution in [3.8, 4) is 5.75 Å². The fourth-order valence-corrected chi connectivity index (χ4v) is 4.90. The number of carbonyl (C=O) groups is 2. The Morgan fingerprint density at radius 3 is 2.47 bits per heavy atom. The van der Waals surface area contributed by atoms with Crippen LogP contribution in [0.4, 0.5) is 5.69 Å². The van der Waals surface area contributed by atoms with Crippen LogP contribution >= 0.6 is 0 Å². The third-order valence-corrected chi connectivity index (χ3v) is 6.78. The Balaban J connectivity index is 1.99. The summed E-state index contributed by atoms with van der Waals surface area (Å²) in [5, 5.41) is 2.56. The minimum atomic E-state index is -3.89. The van der Waals surface area contributed by atoms with E-state index in [4.69, 9.17) is 9.47 Å². The van der Waals surface area contributed by atoms with Gasteiger partial charge in [0.2, 0.25) is 0 Å². The fourth-order valence-electron chi connectivity index (χ4n) is 3.37. The molecule has 8 nitrogen and oxygen atoms in total. The quantitative estimate of drug-likeness (QED) is 0.702. The molecular weight excluding hydrogens is 408 g/mol. The van der Waals surface area contributed by atoms with Gasteiger partial charge in [-0.2, -0.15) is 0 Å². The number of amides is 1. The maximum atomic E-state index is 13.3. The highest BCUT2D eigenvalue weighted by Crippen LogP contribution is 2.34. The van der Waals surface area contributed by atoms with E-state index >= 15 is 0 Å². The molecule has 0 bridgehead atoms. The van der Waals surface area contributed by atoms with Gasteiger partial charge in [-0.1, -0.05) is 18.2 Å². The topological polar surface area (TPSA) is 102 Å². The van der Waals surface area contributed by atoms with Crippen LogP contribution < -0.4 is 14.4 Å². The Bertz CT molecular complexity index is 1090. The van der Waals surface area contributed by atoms with E-state index in [1.165, 1.54) is 50.6 Å². The van der Waals surface area contributed by atoms with Crippen molar-refractivity contribution >= 4 is 27.6 Å². The van der Waals surface area contributed by atoms with Crippen LogP contribution in [0.15, 0.2) is 47.4 Å². The van der Waals surface area contributed by atoms with Crippen molar-refractivity contribution < 1.29 is 27.5 Å². The number of para-hydroxylation sites is 1. The van der Waals surface area contributed by atoms with Crippen LogP contribution in [0.5, 0.6) is 5.75 Å². The molecule has 0 unspecified atom stereocenters. The lowest BCUT2D eigenvalue weighted by Gasteiger charge is -2.24. The average Bonchev–Trinajstić information content (AvgIpc) is 3.17. The summed E-state index contributed by atoms with van der Waals surface area (Å²) in [7, 11) is -1.29. The number of hydrogen-bond acceptors (Lipinski definition) is 6. The normalized spacial score (nSPS) is 13.5. The van der Waals surface area contributed by atoms with Crippen LogP contribution in [0.1, 0.15) is 29.8 Å². The molecule has 0 saturated carbocycles. The van der Waals surface area contributed by atoms with Crippen molar-refractivity contribution in [3.05, 3.63) is 53.6 Å². The Labute approximate surface area is 175 Å². The molecule has 1 amide bonds. The predicted octanol–water partition coefficient (Wildman–Crippen LogP) is 2.13. The van der Waals surface area contributed by atoms with Gasteiger partial charge in [0.1, 0.15) is 11.3 Å². The Kier molecular flexibility index (Phi) is 5.76. The number of carbonyl (C=O) groups excluding carboxylic acids is 2. The molecule has 0 spiro atoms. The number of fused-ring (bicyclic) bond motifs is 1. The summed E-state index contributed by atoms with van der Waals surface area (Å²) in [6, 6.07) is 11.4. The summed E-state index contributed by atoms with van der Waals surface area (Å²) in [6.07, 6.45) is 0.617. The van der Waals surface area contributed by atoms with Gasteiger partial charge in [0.25, 0.3) is 15.9 Å². The van der Waals surface area contributed by atoms with E-state index in [2.05, 4.69) is 5.32 Å². The molecule has 160 valence electrons. The highest BCUT2D eigenvalue weighted by atomic mass is 32.2. The molecule has 2 aromatic rings. The zero-order valence-corrected chi connectivity index (χ0v) is 18.1. The predicted molar refractivity (Wildman–Crippen MR) is 111 cm³/mol. The first-order valence-corrected chi connectivity index (χ1v) is 10.8. The fraction of sp³-hybridized carbons (Fsp3) is 0.333. The molecule has 0 saturated heterocycles. The number of anilines is 1. The van der Waals surface area contributed by atoms with Gasteiger partial charge in [-0.25, -0.2) is 13.2 Å². The van der Waals surface area contributed by atoms with Crippen LogP contribution in [0.2, 0.25) is 0 Å². The third kappa shape index (κ3) is 3.85. The van der Waals surface area contributed by atoms with Gasteiger partial charge in [0, 0.05) is 6.54 Å². The van der Waals surface area contributed by atoms with Crippen molar-refractivity contribution in [2.45, 2.75) is 30.7 Å². The monoisotopic (exact) mass is 432 g/mol. The van der Waals surface area contributed by atoms with Crippen molar-refractivity contribution in [1.29, 1.82) is 0 Å². The number of nitrogens with zero attached hydrogens (tertiary/aromatic N) is 1. The number of esters is 1. The van der Waals surface area contributed by atoms with Gasteiger partial charge in [0.05, 0.1) is 30.4 Å². The van der Waals surface area contributed by atoms with E-state index in [0.29, 0.717) is 18.7 Å². The van der Waals surface area contributed by atoms with Crippen LogP contribution in [-0.2, 0) is 26.0 Å². The lowest BCUT2D eigenvalue weighted by Crippen LogP contribution is -2.50. The molecule has 9 heteroatoms. The highest BCUT2D eigenvalue weighted by Gasteiger charge is 2.34. The Morgan fingerprint density at radius 1 is 1.10 bits per heavy atom. The van der Waals surface area contributed by atoms with Gasteiger partial charge in [-0.3, -0.25) is 9.10 Å². The SMILES string of the molecule is COC(=O)C(C)(C)NC(=O)c1cc(S(=O)(=O)N2CCc3ccccc32)ccc1OC. The van der Waals surface area contributed by atoms with E-state index in [9.17, 15) is 18.0 Å². The molecule has 0 atom stereocenters. The van der Waals surface area contributed by atoms with Crippen LogP contribution in [-0.4, -0.2) is 46.6 Å². The lowest BCUT2D eigenvalue weighted by atomic mass is 10.0. The molecule has 1 heterocycles. The van der Waals surface area contributed by atoms with Gasteiger partial charge in [-0.05, 0) is 50.1 Å². The molecular formula is C21H24N2O6S. The number of benzene rings is 2. The number of hydrogen-bond donors (Lipinski definition) is 1. The Hall–Kier alpha value is -3.07. The van der Waals surface area contributed by atoms with Crippen LogP contribution in [0.3, 0.4) is 0 Å². The molecule has 1 N–H and O–H groups in total. The first-order valence-electron chi connectivity index (χ1n) is 9.31. The number of methoxy groups -OCH3 is 2. The zero-order valence-electron chi connectivity index (χ0n) is 17.3. The lowest BCUT2D eigenvalue weighted by molar-refractivity contribution is -0.146. The molecule has 0 fully saturated rings. The van der Waals surface area contributed by atoms with E-state index in [-0.39, 0.29) is 16.2 Å². The summed E-state index contributed by atoms with van der Waals surface area (Å²) < 4.78 is 37.9. The van der Waals surface area contributed by atoms with Crippen molar-refractivity contribution in [2.24, 2.45) is 0 Å². The molecule has 3 rings (SSSR count). The molecule has 0 aromatic heterocycles. The first kappa shape index (κ1) is 21.6. The molecule has 0 aliphatic carbocycles. The molecule has 2 aromatic carbocycles. The second-order valence-electron chi connectivity index (χ2n) is 7.39. The standard InChI is InChI=1S/C21H24N2O6S/c1-21(2,20(25)29-4)22-19(24)16-13-15(9-10-18(16)28-3)30(26,27)23-12-11-14-7-5-6-8-17(14)23/h5-10,13H,11-12H2,1-4H3,(H,22,24). The van der Waals surface area contributed by atoms with Crippen LogP contribution in [0, 0.1) is 0 Å². The van der Waals surface area contributed by atoms with Crippen molar-refractivity contribution in [2.75, 3.05) is 25.1 Å². The largest absolute Gasteiger partial charge is 0.496 e. The van der Waals surface area contributed by atoms with Gasteiger partial charge < -0.3 is 14.8 Å². The van der Waals surface area contributed by atoms with E-state index < -0.39 is 27.4 Å². The van der Waals surface area contributed by atoms with Crippen molar-refractivity contribution in [3.63, 3.8) is 0 Å². The maximum absolute atomic E-state index is 13.3. The Morgan fingerprint density at radius 2 is 1.80 bits per heavy atom. The van der Waals surface area contributed by atoms with Crippen LogP contribution in [0.25, 0.3) is 0 Å². The maximum Gasteiger partial charge on any atom is 0.330 e. The van der Waals surface area contributed by atoms with Gasteiger partial charge in [0.15, 0.2) is 0 Å². The first-order chi connectivity index (χ1) is 14.1.